The molecule has 4 rings (SSSR count). The molecule has 3 fully saturated rings. The second-order valence-corrected chi connectivity index (χ2v) is 10.8. The lowest BCUT2D eigenvalue weighted by Crippen LogP contribution is -2.37. The third kappa shape index (κ3) is 3.88. The van der Waals surface area contributed by atoms with Gasteiger partial charge in [0, 0.05) is 22.1 Å². The minimum absolute atomic E-state index is 0.124. The largest absolute Gasteiger partial charge is 0.426 e. The van der Waals surface area contributed by atoms with Gasteiger partial charge in [0.15, 0.2) is 0 Å². The van der Waals surface area contributed by atoms with E-state index in [0.29, 0.717) is 17.9 Å². The number of carbonyl (C=O) groups is 3. The SMILES string of the molecule is CCCCCCCC(=O)Oc1cccc(N2C(=O)[C@@H]3[C@H]4C[C@H]([C@H](Br)[C@@H]4Br)[C@@H]3C2=O)c1. The van der Waals surface area contributed by atoms with Gasteiger partial charge in [-0.2, -0.15) is 0 Å². The molecule has 162 valence electrons. The average molecular weight is 541 g/mol. The van der Waals surface area contributed by atoms with E-state index in [1.165, 1.54) is 17.7 Å². The molecule has 1 aliphatic heterocycles. The quantitative estimate of drug-likeness (QED) is 0.149. The van der Waals surface area contributed by atoms with Gasteiger partial charge in [0.25, 0.3) is 0 Å². The molecule has 0 radical (unpaired) electrons. The van der Waals surface area contributed by atoms with Crippen molar-refractivity contribution in [3.05, 3.63) is 24.3 Å². The first-order chi connectivity index (χ1) is 14.4. The van der Waals surface area contributed by atoms with Gasteiger partial charge in [0.1, 0.15) is 5.75 Å². The summed E-state index contributed by atoms with van der Waals surface area (Å²) in [6.45, 7) is 2.16. The first-order valence-corrected chi connectivity index (χ1v) is 12.7. The number of ether oxygens (including phenoxy) is 1. The first-order valence-electron chi connectivity index (χ1n) is 10.9. The lowest BCUT2D eigenvalue weighted by Gasteiger charge is -2.28. The van der Waals surface area contributed by atoms with Crippen LogP contribution in [0.1, 0.15) is 51.9 Å². The molecule has 30 heavy (non-hydrogen) atoms. The van der Waals surface area contributed by atoms with Gasteiger partial charge in [-0.1, -0.05) is 70.5 Å². The molecule has 6 atom stereocenters. The van der Waals surface area contributed by atoms with Crippen LogP contribution in [0.25, 0.3) is 0 Å². The van der Waals surface area contributed by atoms with Crippen LogP contribution in [-0.2, 0) is 14.4 Å². The number of rotatable bonds is 8. The van der Waals surface area contributed by atoms with E-state index >= 15 is 0 Å². The minimum Gasteiger partial charge on any atom is -0.426 e. The normalized spacial score (nSPS) is 32.0. The Bertz CT molecular complexity index is 812. The van der Waals surface area contributed by atoms with Crippen LogP contribution in [0.2, 0.25) is 0 Å². The van der Waals surface area contributed by atoms with Crippen LogP contribution in [0.15, 0.2) is 24.3 Å². The van der Waals surface area contributed by atoms with Gasteiger partial charge in [0.2, 0.25) is 11.8 Å². The molecule has 1 aromatic carbocycles. The van der Waals surface area contributed by atoms with Gasteiger partial charge in [0.05, 0.1) is 17.5 Å². The number of imide groups is 1. The van der Waals surface area contributed by atoms with Crippen molar-refractivity contribution >= 4 is 55.3 Å². The Hall–Kier alpha value is -1.21. The monoisotopic (exact) mass is 539 g/mol. The highest BCUT2D eigenvalue weighted by atomic mass is 79.9. The number of anilines is 1. The zero-order valence-electron chi connectivity index (χ0n) is 17.1. The Morgan fingerprint density at radius 3 is 2.30 bits per heavy atom. The molecule has 3 aliphatic rings. The molecule has 1 saturated heterocycles. The van der Waals surface area contributed by atoms with E-state index in [-0.39, 0.29) is 51.1 Å². The Morgan fingerprint density at radius 2 is 1.67 bits per heavy atom. The maximum absolute atomic E-state index is 13.2. The maximum atomic E-state index is 13.2. The molecule has 2 saturated carbocycles. The van der Waals surface area contributed by atoms with Crippen molar-refractivity contribution < 1.29 is 19.1 Å². The zero-order chi connectivity index (χ0) is 21.4. The van der Waals surface area contributed by atoms with Crippen molar-refractivity contribution in [3.63, 3.8) is 0 Å². The summed E-state index contributed by atoms with van der Waals surface area (Å²) in [5.74, 6) is -0.295. The van der Waals surface area contributed by atoms with Crippen LogP contribution >= 0.6 is 31.9 Å². The average Bonchev–Trinajstić information content (AvgIpc) is 3.33. The van der Waals surface area contributed by atoms with Crippen molar-refractivity contribution in [3.8, 4) is 5.75 Å². The summed E-state index contributed by atoms with van der Waals surface area (Å²) >= 11 is 7.41. The number of hydrogen-bond acceptors (Lipinski definition) is 4. The van der Waals surface area contributed by atoms with E-state index in [1.54, 1.807) is 24.3 Å². The summed E-state index contributed by atoms with van der Waals surface area (Å²) < 4.78 is 5.47. The van der Waals surface area contributed by atoms with Crippen molar-refractivity contribution in [1.82, 2.24) is 0 Å². The van der Waals surface area contributed by atoms with Gasteiger partial charge in [-0.15, -0.1) is 0 Å². The van der Waals surface area contributed by atoms with Gasteiger partial charge in [-0.3, -0.25) is 14.4 Å². The molecule has 2 amide bonds. The molecule has 1 heterocycles. The molecule has 0 unspecified atom stereocenters. The van der Waals surface area contributed by atoms with Gasteiger partial charge < -0.3 is 4.74 Å². The number of nitrogens with zero attached hydrogens (tertiary/aromatic N) is 1. The number of halogens is 2. The van der Waals surface area contributed by atoms with Crippen LogP contribution in [0.5, 0.6) is 5.75 Å². The molecule has 0 spiro atoms. The van der Waals surface area contributed by atoms with Crippen molar-refractivity contribution in [2.24, 2.45) is 23.7 Å². The Kier molecular flexibility index (Phi) is 6.68. The van der Waals surface area contributed by atoms with Crippen LogP contribution in [-0.4, -0.2) is 27.4 Å². The summed E-state index contributed by atoms with van der Waals surface area (Å²) in [7, 11) is 0. The third-order valence-electron chi connectivity index (χ3n) is 6.78. The number of benzene rings is 1. The highest BCUT2D eigenvalue weighted by molar-refractivity contribution is 9.12. The number of hydrogen-bond donors (Lipinski definition) is 0. The Labute approximate surface area is 194 Å². The second-order valence-electron chi connectivity index (χ2n) is 8.65. The van der Waals surface area contributed by atoms with Crippen LogP contribution in [0.3, 0.4) is 0 Å². The molecular weight excluding hydrogens is 514 g/mol. The van der Waals surface area contributed by atoms with Gasteiger partial charge in [-0.05, 0) is 36.8 Å². The number of unbranched alkanes of at least 4 members (excludes halogenated alkanes) is 4. The zero-order valence-corrected chi connectivity index (χ0v) is 20.2. The lowest BCUT2D eigenvalue weighted by atomic mass is 9.81. The number of esters is 1. The number of amides is 2. The predicted octanol–water partition coefficient (Wildman–Crippen LogP) is 5.23. The number of alkyl halides is 2. The Balaban J connectivity index is 1.43. The van der Waals surface area contributed by atoms with Crippen molar-refractivity contribution in [2.75, 3.05) is 4.90 Å². The van der Waals surface area contributed by atoms with E-state index in [1.807, 2.05) is 0 Å². The molecule has 2 aliphatic carbocycles. The van der Waals surface area contributed by atoms with Crippen molar-refractivity contribution in [1.29, 1.82) is 0 Å². The Morgan fingerprint density at radius 1 is 1.03 bits per heavy atom. The summed E-state index contributed by atoms with van der Waals surface area (Å²) in [6.07, 6.45) is 6.60. The van der Waals surface area contributed by atoms with Gasteiger partial charge >= 0.3 is 5.97 Å². The van der Waals surface area contributed by atoms with E-state index in [2.05, 4.69) is 38.8 Å². The maximum Gasteiger partial charge on any atom is 0.311 e. The van der Waals surface area contributed by atoms with Crippen LogP contribution in [0.4, 0.5) is 5.69 Å². The van der Waals surface area contributed by atoms with E-state index in [9.17, 15) is 14.4 Å². The standard InChI is InChI=1S/C23H27Br2NO4/c1-2-3-4-5-6-10-17(27)30-14-9-7-8-13(11-14)26-22(28)18-15-12-16(19(18)23(26)29)21(25)20(15)24/h7-9,11,15-16,18-21H,2-6,10,12H2,1H3/t15-,16+,18-,19+,20-,21+. The van der Waals surface area contributed by atoms with Crippen molar-refractivity contribution in [2.45, 2.75) is 61.5 Å². The third-order valence-corrected chi connectivity index (χ3v) is 9.99. The highest BCUT2D eigenvalue weighted by Gasteiger charge is 2.66. The fraction of sp³-hybridized carbons (Fsp3) is 0.609. The van der Waals surface area contributed by atoms with E-state index in [0.717, 1.165) is 25.7 Å². The molecule has 2 bridgehead atoms. The number of fused-ring (bicyclic) bond motifs is 5. The lowest BCUT2D eigenvalue weighted by molar-refractivity contribution is -0.134. The summed E-state index contributed by atoms with van der Waals surface area (Å²) in [4.78, 5) is 40.2. The molecule has 7 heteroatoms. The summed E-state index contributed by atoms with van der Waals surface area (Å²) in [5, 5.41) is 0. The number of carbonyl (C=O) groups excluding carboxylic acids is 3. The topological polar surface area (TPSA) is 63.7 Å². The minimum atomic E-state index is -0.276. The smallest absolute Gasteiger partial charge is 0.311 e. The molecule has 1 aromatic rings. The molecule has 0 aromatic heterocycles. The van der Waals surface area contributed by atoms with E-state index < -0.39 is 0 Å². The predicted molar refractivity (Wildman–Crippen MR) is 122 cm³/mol. The first kappa shape index (κ1) is 22.0. The highest BCUT2D eigenvalue weighted by Crippen LogP contribution is 2.60. The summed E-state index contributed by atoms with van der Waals surface area (Å²) in [5.41, 5.74) is 0.490. The summed E-state index contributed by atoms with van der Waals surface area (Å²) in [6, 6.07) is 6.78. The molecule has 0 N–H and O–H groups in total. The van der Waals surface area contributed by atoms with Crippen LogP contribution in [0, 0.1) is 23.7 Å². The molecular formula is C23H27Br2NO4. The van der Waals surface area contributed by atoms with Gasteiger partial charge in [-0.25, -0.2) is 4.90 Å². The van der Waals surface area contributed by atoms with Crippen LogP contribution < -0.4 is 9.64 Å². The fourth-order valence-electron chi connectivity index (χ4n) is 5.34. The fourth-order valence-corrected chi connectivity index (χ4v) is 7.22. The van der Waals surface area contributed by atoms with E-state index in [4.69, 9.17) is 4.74 Å². The molecule has 5 nitrogen and oxygen atoms in total. The second kappa shape index (κ2) is 9.11.